The van der Waals surface area contributed by atoms with Crippen LogP contribution in [0, 0.1) is 24.0 Å². The van der Waals surface area contributed by atoms with Crippen molar-refractivity contribution in [3.05, 3.63) is 80.6 Å². The summed E-state index contributed by atoms with van der Waals surface area (Å²) in [6.45, 7) is 3.79. The number of aromatic nitrogens is 7. The number of benzene rings is 1. The summed E-state index contributed by atoms with van der Waals surface area (Å²) < 4.78 is 4.51. The molecular weight excluding hydrogens is 438 g/mol. The molecule has 0 aliphatic rings. The molecule has 0 spiro atoms. The van der Waals surface area contributed by atoms with Gasteiger partial charge in [0.2, 0.25) is 5.95 Å². The van der Waals surface area contributed by atoms with Crippen LogP contribution in [0.4, 0.5) is 11.6 Å². The normalized spacial score (nSPS) is 11.0. The molecule has 0 atom stereocenters. The van der Waals surface area contributed by atoms with Crippen LogP contribution in [0.3, 0.4) is 0 Å². The Kier molecular flexibility index (Phi) is 5.69. The topological polar surface area (TPSA) is 139 Å². The molecule has 4 rings (SSSR count). The average Bonchev–Trinajstić information content (AvgIpc) is 3.44. The fourth-order valence-corrected chi connectivity index (χ4v) is 3.28. The number of nitrogens with one attached hydrogen (secondary N) is 1. The molecule has 0 saturated carbocycles. The minimum absolute atomic E-state index is 0.0321. The summed E-state index contributed by atoms with van der Waals surface area (Å²) in [5.74, 6) is -0.333. The van der Waals surface area contributed by atoms with Crippen molar-refractivity contribution in [2.24, 2.45) is 0 Å². The van der Waals surface area contributed by atoms with Crippen molar-refractivity contribution in [1.82, 2.24) is 34.3 Å². The van der Waals surface area contributed by atoms with E-state index in [1.807, 2.05) is 12.1 Å². The van der Waals surface area contributed by atoms with Crippen LogP contribution in [0.25, 0.3) is 0 Å². The average molecular weight is 456 g/mol. The summed E-state index contributed by atoms with van der Waals surface area (Å²) in [6.07, 6.45) is 3.10. The second kappa shape index (κ2) is 8.59. The van der Waals surface area contributed by atoms with Crippen LogP contribution in [0.1, 0.15) is 27.4 Å². The standard InChI is InChI=1S/C19H18ClN9O3/c1-12-17(29(31)32)13(2)28(23-12)11-26-8-7-16(24-26)18(30)22-19-21-10-27(25-19)9-14-3-5-15(20)6-4-14/h3-8,10H,9,11H2,1-2H3,(H,22,25,30). The van der Waals surface area contributed by atoms with Gasteiger partial charge < -0.3 is 0 Å². The van der Waals surface area contributed by atoms with Crippen LogP contribution >= 0.6 is 11.6 Å². The molecule has 3 aromatic heterocycles. The van der Waals surface area contributed by atoms with Crippen LogP contribution in [0.15, 0.2) is 42.9 Å². The number of nitrogens with zero attached hydrogens (tertiary/aromatic N) is 8. The lowest BCUT2D eigenvalue weighted by Gasteiger charge is -2.03. The number of anilines is 1. The molecule has 3 heterocycles. The molecule has 32 heavy (non-hydrogen) atoms. The molecule has 1 amide bonds. The van der Waals surface area contributed by atoms with Crippen molar-refractivity contribution in [3.8, 4) is 0 Å². The number of aryl methyl sites for hydroxylation is 1. The Bertz CT molecular complexity index is 1290. The number of hydrogen-bond donors (Lipinski definition) is 1. The van der Waals surface area contributed by atoms with Gasteiger partial charge in [-0.2, -0.15) is 10.2 Å². The van der Waals surface area contributed by atoms with E-state index in [1.54, 1.807) is 36.9 Å². The smallest absolute Gasteiger partial charge is 0.288 e. The highest BCUT2D eigenvalue weighted by atomic mass is 35.5. The molecule has 4 aromatic rings. The zero-order valence-corrected chi connectivity index (χ0v) is 17.9. The van der Waals surface area contributed by atoms with E-state index in [1.165, 1.54) is 21.8 Å². The molecule has 0 aliphatic heterocycles. The molecule has 0 radical (unpaired) electrons. The number of nitro groups is 1. The first-order chi connectivity index (χ1) is 15.3. The van der Waals surface area contributed by atoms with Crippen LogP contribution in [0.2, 0.25) is 5.02 Å². The Balaban J connectivity index is 1.40. The van der Waals surface area contributed by atoms with E-state index < -0.39 is 10.8 Å². The summed E-state index contributed by atoms with van der Waals surface area (Å²) in [5, 5.41) is 27.0. The predicted octanol–water partition coefficient (Wildman–Crippen LogP) is 2.66. The summed E-state index contributed by atoms with van der Waals surface area (Å²) in [6, 6.07) is 8.87. The second-order valence-corrected chi connectivity index (χ2v) is 7.44. The van der Waals surface area contributed by atoms with E-state index in [4.69, 9.17) is 11.6 Å². The number of amides is 1. The quantitative estimate of drug-likeness (QED) is 0.334. The Morgan fingerprint density at radius 1 is 1.12 bits per heavy atom. The molecule has 164 valence electrons. The third kappa shape index (κ3) is 4.49. The number of carbonyl (C=O) groups excluding carboxylic acids is 1. The lowest BCUT2D eigenvalue weighted by molar-refractivity contribution is -0.386. The van der Waals surface area contributed by atoms with Gasteiger partial charge in [0.05, 0.1) is 11.5 Å². The maximum Gasteiger partial charge on any atom is 0.312 e. The third-order valence-electron chi connectivity index (χ3n) is 4.70. The van der Waals surface area contributed by atoms with Crippen molar-refractivity contribution >= 4 is 29.1 Å². The van der Waals surface area contributed by atoms with Crippen LogP contribution < -0.4 is 5.32 Å². The van der Waals surface area contributed by atoms with Gasteiger partial charge in [-0.15, -0.1) is 5.10 Å². The highest BCUT2D eigenvalue weighted by Gasteiger charge is 2.22. The largest absolute Gasteiger partial charge is 0.312 e. The van der Waals surface area contributed by atoms with Crippen LogP contribution in [-0.4, -0.2) is 45.2 Å². The fourth-order valence-electron chi connectivity index (χ4n) is 3.16. The van der Waals surface area contributed by atoms with Crippen LogP contribution in [-0.2, 0) is 13.2 Å². The number of halogens is 1. The molecule has 0 saturated heterocycles. The lowest BCUT2D eigenvalue weighted by atomic mass is 10.2. The maximum atomic E-state index is 12.5. The Morgan fingerprint density at radius 3 is 2.56 bits per heavy atom. The number of rotatable bonds is 7. The van der Waals surface area contributed by atoms with Crippen molar-refractivity contribution in [2.45, 2.75) is 27.1 Å². The fraction of sp³-hybridized carbons (Fsp3) is 0.211. The molecule has 0 bridgehead atoms. The van der Waals surface area contributed by atoms with Gasteiger partial charge in [0.15, 0.2) is 5.69 Å². The number of carbonyl (C=O) groups is 1. The minimum atomic E-state index is -0.479. The van der Waals surface area contributed by atoms with E-state index in [2.05, 4.69) is 25.6 Å². The lowest BCUT2D eigenvalue weighted by Crippen LogP contribution is -2.16. The SMILES string of the molecule is Cc1nn(Cn2ccc(C(=O)Nc3ncn(Cc4ccc(Cl)cc4)n3)n2)c(C)c1[N+](=O)[O-]. The summed E-state index contributed by atoms with van der Waals surface area (Å²) >= 11 is 5.89. The Hall–Kier alpha value is -4.06. The molecule has 13 heteroatoms. The number of hydrogen-bond acceptors (Lipinski definition) is 7. The maximum absolute atomic E-state index is 12.5. The first kappa shape index (κ1) is 21.2. The van der Waals surface area contributed by atoms with E-state index in [0.29, 0.717) is 23.0 Å². The predicted molar refractivity (Wildman–Crippen MR) is 115 cm³/mol. The summed E-state index contributed by atoms with van der Waals surface area (Å²) in [5.41, 5.74) is 1.83. The van der Waals surface area contributed by atoms with E-state index in [-0.39, 0.29) is 24.0 Å². The molecule has 0 unspecified atom stereocenters. The monoisotopic (exact) mass is 455 g/mol. The van der Waals surface area contributed by atoms with Gasteiger partial charge in [-0.05, 0) is 37.6 Å². The second-order valence-electron chi connectivity index (χ2n) is 7.00. The van der Waals surface area contributed by atoms with E-state index >= 15 is 0 Å². The molecule has 0 aliphatic carbocycles. The Morgan fingerprint density at radius 2 is 1.88 bits per heavy atom. The van der Waals surface area contributed by atoms with Gasteiger partial charge in [-0.3, -0.25) is 24.9 Å². The van der Waals surface area contributed by atoms with Gasteiger partial charge in [0, 0.05) is 11.2 Å². The summed E-state index contributed by atoms with van der Waals surface area (Å²) in [4.78, 5) is 27.3. The van der Waals surface area contributed by atoms with Crippen LogP contribution in [0.5, 0.6) is 0 Å². The van der Waals surface area contributed by atoms with Gasteiger partial charge >= 0.3 is 5.69 Å². The highest BCUT2D eigenvalue weighted by Crippen LogP contribution is 2.21. The molecular formula is C19H18ClN9O3. The first-order valence-electron chi connectivity index (χ1n) is 9.47. The molecule has 12 nitrogen and oxygen atoms in total. The molecule has 1 aromatic carbocycles. The third-order valence-corrected chi connectivity index (χ3v) is 4.95. The molecule has 0 fully saturated rings. The van der Waals surface area contributed by atoms with Crippen molar-refractivity contribution in [1.29, 1.82) is 0 Å². The van der Waals surface area contributed by atoms with Crippen molar-refractivity contribution < 1.29 is 9.72 Å². The zero-order chi connectivity index (χ0) is 22.8. The van der Waals surface area contributed by atoms with E-state index in [0.717, 1.165) is 5.56 Å². The minimum Gasteiger partial charge on any atom is -0.288 e. The first-order valence-corrected chi connectivity index (χ1v) is 9.85. The Labute approximate surface area is 186 Å². The van der Waals surface area contributed by atoms with Crippen molar-refractivity contribution in [3.63, 3.8) is 0 Å². The highest BCUT2D eigenvalue weighted by molar-refractivity contribution is 6.30. The zero-order valence-electron chi connectivity index (χ0n) is 17.1. The van der Waals surface area contributed by atoms with Gasteiger partial charge in [0.1, 0.15) is 24.4 Å². The summed E-state index contributed by atoms with van der Waals surface area (Å²) in [7, 11) is 0. The van der Waals surface area contributed by atoms with Gasteiger partial charge in [0.25, 0.3) is 5.91 Å². The van der Waals surface area contributed by atoms with E-state index in [9.17, 15) is 14.9 Å². The van der Waals surface area contributed by atoms with Gasteiger partial charge in [-0.25, -0.2) is 14.3 Å². The van der Waals surface area contributed by atoms with Gasteiger partial charge in [-0.1, -0.05) is 23.7 Å². The van der Waals surface area contributed by atoms with Crippen molar-refractivity contribution in [2.75, 3.05) is 5.32 Å². The molecule has 1 N–H and O–H groups in total.